The molecule has 8 heteroatoms. The number of rotatable bonds is 8. The van der Waals surface area contributed by atoms with Crippen LogP contribution in [0.25, 0.3) is 0 Å². The topological polar surface area (TPSA) is 70.6 Å². The average molecular weight is 472 g/mol. The minimum Gasteiger partial charge on any atom is -0.335 e. The van der Waals surface area contributed by atoms with Crippen LogP contribution in [0.15, 0.2) is 71.1 Å². The van der Waals surface area contributed by atoms with Crippen molar-refractivity contribution in [2.45, 2.75) is 44.6 Å². The highest BCUT2D eigenvalue weighted by atomic mass is 32.2. The summed E-state index contributed by atoms with van der Waals surface area (Å²) in [5.41, 5.74) is 1.40. The Kier molecular flexibility index (Phi) is 7.36. The van der Waals surface area contributed by atoms with Crippen LogP contribution in [0, 0.1) is 0 Å². The van der Waals surface area contributed by atoms with Crippen molar-refractivity contribution in [3.05, 3.63) is 76.7 Å². The molecule has 2 aromatic carbocycles. The van der Waals surface area contributed by atoms with Crippen molar-refractivity contribution in [1.29, 1.82) is 0 Å². The molecule has 0 fully saturated rings. The van der Waals surface area contributed by atoms with Crippen LogP contribution in [0.2, 0.25) is 0 Å². The fraction of sp³-hybridized carbons (Fsp3) is 0.333. The van der Waals surface area contributed by atoms with E-state index in [4.69, 9.17) is 0 Å². The molecule has 0 radical (unpaired) electrons. The number of para-hydroxylation sites is 1. The second-order valence-electron chi connectivity index (χ2n) is 8.46. The van der Waals surface area contributed by atoms with Crippen LogP contribution in [-0.4, -0.2) is 37.3 Å². The van der Waals surface area contributed by atoms with Crippen molar-refractivity contribution < 1.29 is 13.2 Å². The molecule has 1 amide bonds. The number of carbonyl (C=O) groups is 1. The van der Waals surface area contributed by atoms with Crippen LogP contribution >= 0.6 is 11.3 Å². The highest BCUT2D eigenvalue weighted by Crippen LogP contribution is 2.27. The minimum atomic E-state index is -3.94. The molecule has 170 valence electrons. The minimum absolute atomic E-state index is 0.0885. The molecule has 0 aliphatic rings. The number of amides is 1. The monoisotopic (exact) mass is 471 g/mol. The normalized spacial score (nSPS) is 11.9. The first-order chi connectivity index (χ1) is 15.1. The summed E-state index contributed by atoms with van der Waals surface area (Å²) in [7, 11) is -3.94. The van der Waals surface area contributed by atoms with Crippen LogP contribution in [-0.2, 0) is 26.8 Å². The summed E-state index contributed by atoms with van der Waals surface area (Å²) in [5.74, 6) is -0.276. The second-order valence-corrected chi connectivity index (χ2v) is 11.3. The van der Waals surface area contributed by atoms with E-state index < -0.39 is 10.0 Å². The largest absolute Gasteiger partial charge is 0.335 e. The Morgan fingerprint density at radius 3 is 2.22 bits per heavy atom. The van der Waals surface area contributed by atoms with Gasteiger partial charge in [-0.15, -0.1) is 11.3 Å². The molecule has 0 N–H and O–H groups in total. The summed E-state index contributed by atoms with van der Waals surface area (Å²) >= 11 is 1.47. The van der Waals surface area contributed by atoms with E-state index in [-0.39, 0.29) is 22.8 Å². The van der Waals surface area contributed by atoms with Crippen LogP contribution in [0.5, 0.6) is 0 Å². The molecule has 0 spiro atoms. The number of hydrogen-bond donors (Lipinski definition) is 0. The SMILES string of the molecule is CCN(Cc1nccs1)C(=O)CN(c1ccccc1)S(=O)(=O)c1ccc(C(C)(C)C)cc1. The van der Waals surface area contributed by atoms with Gasteiger partial charge in [0.1, 0.15) is 11.6 Å². The number of anilines is 1. The van der Waals surface area contributed by atoms with E-state index in [0.717, 1.165) is 10.6 Å². The van der Waals surface area contributed by atoms with Crippen LogP contribution in [0.1, 0.15) is 38.3 Å². The standard InChI is InChI=1S/C24H29N3O3S2/c1-5-26(17-22-25-15-16-31-22)23(28)18-27(20-9-7-6-8-10-20)32(29,30)21-13-11-19(12-14-21)24(2,3)4/h6-16H,5,17-18H2,1-4H3. The van der Waals surface area contributed by atoms with E-state index in [1.165, 1.54) is 15.6 Å². The van der Waals surface area contributed by atoms with Crippen molar-refractivity contribution in [1.82, 2.24) is 9.88 Å². The Labute approximate surface area is 194 Å². The lowest BCUT2D eigenvalue weighted by atomic mass is 9.87. The molecular weight excluding hydrogens is 442 g/mol. The highest BCUT2D eigenvalue weighted by molar-refractivity contribution is 7.92. The van der Waals surface area contributed by atoms with Crippen LogP contribution in [0.3, 0.4) is 0 Å². The molecule has 3 aromatic rings. The number of thiazole rings is 1. The maximum absolute atomic E-state index is 13.6. The fourth-order valence-corrected chi connectivity index (χ4v) is 5.30. The van der Waals surface area contributed by atoms with Crippen molar-refractivity contribution >= 4 is 33.0 Å². The quantitative estimate of drug-likeness (QED) is 0.478. The lowest BCUT2D eigenvalue weighted by Gasteiger charge is -2.28. The molecule has 1 aromatic heterocycles. The number of sulfonamides is 1. The molecule has 0 aliphatic carbocycles. The van der Waals surface area contributed by atoms with Gasteiger partial charge in [0.25, 0.3) is 10.0 Å². The highest BCUT2D eigenvalue weighted by Gasteiger charge is 2.29. The Bertz CT molecular complexity index is 1120. The first kappa shape index (κ1) is 23.9. The molecule has 0 saturated carbocycles. The smallest absolute Gasteiger partial charge is 0.264 e. The summed E-state index contributed by atoms with van der Waals surface area (Å²) < 4.78 is 28.4. The maximum atomic E-state index is 13.6. The van der Waals surface area contributed by atoms with Gasteiger partial charge in [-0.25, -0.2) is 13.4 Å². The third-order valence-electron chi connectivity index (χ3n) is 5.18. The first-order valence-electron chi connectivity index (χ1n) is 10.5. The molecular formula is C24H29N3O3S2. The molecule has 3 rings (SSSR count). The van der Waals surface area contributed by atoms with Gasteiger partial charge in [0, 0.05) is 18.1 Å². The van der Waals surface area contributed by atoms with Crippen molar-refractivity contribution in [3.8, 4) is 0 Å². The molecule has 6 nitrogen and oxygen atoms in total. The maximum Gasteiger partial charge on any atom is 0.264 e. The summed E-state index contributed by atoms with van der Waals surface area (Å²) in [6.45, 7) is 8.63. The molecule has 0 unspecified atom stereocenters. The summed E-state index contributed by atoms with van der Waals surface area (Å²) in [4.78, 5) is 19.2. The number of carbonyl (C=O) groups excluding carboxylic acids is 1. The lowest BCUT2D eigenvalue weighted by molar-refractivity contribution is -0.129. The van der Waals surface area contributed by atoms with E-state index in [1.807, 2.05) is 30.5 Å². The number of hydrogen-bond acceptors (Lipinski definition) is 5. The van der Waals surface area contributed by atoms with E-state index >= 15 is 0 Å². The number of aromatic nitrogens is 1. The second kappa shape index (κ2) is 9.83. The lowest BCUT2D eigenvalue weighted by Crippen LogP contribution is -2.42. The van der Waals surface area contributed by atoms with E-state index in [1.54, 1.807) is 47.5 Å². The third kappa shape index (κ3) is 5.55. The van der Waals surface area contributed by atoms with Crippen LogP contribution < -0.4 is 4.31 Å². The average Bonchev–Trinajstić information content (AvgIpc) is 3.29. The first-order valence-corrected chi connectivity index (χ1v) is 12.8. The van der Waals surface area contributed by atoms with Gasteiger partial charge < -0.3 is 4.90 Å². The Hall–Kier alpha value is -2.71. The predicted octanol–water partition coefficient (Wildman–Crippen LogP) is 4.68. The van der Waals surface area contributed by atoms with E-state index in [9.17, 15) is 13.2 Å². The zero-order chi connectivity index (χ0) is 23.4. The number of benzene rings is 2. The summed E-state index contributed by atoms with van der Waals surface area (Å²) in [5, 5.41) is 2.67. The van der Waals surface area contributed by atoms with Crippen molar-refractivity contribution in [3.63, 3.8) is 0 Å². The van der Waals surface area contributed by atoms with Crippen LogP contribution in [0.4, 0.5) is 5.69 Å². The zero-order valence-electron chi connectivity index (χ0n) is 18.9. The van der Waals surface area contributed by atoms with Gasteiger partial charge in [0.05, 0.1) is 17.1 Å². The molecule has 0 aliphatic heterocycles. The number of likely N-dealkylation sites (N-methyl/N-ethyl adjacent to an activating group) is 1. The predicted molar refractivity (Wildman–Crippen MR) is 129 cm³/mol. The zero-order valence-corrected chi connectivity index (χ0v) is 20.5. The Balaban J connectivity index is 1.93. The van der Waals surface area contributed by atoms with Gasteiger partial charge in [-0.1, -0.05) is 51.1 Å². The van der Waals surface area contributed by atoms with Gasteiger partial charge in [0.2, 0.25) is 5.91 Å². The van der Waals surface area contributed by atoms with Gasteiger partial charge in [-0.05, 0) is 42.2 Å². The number of nitrogens with zero attached hydrogens (tertiary/aromatic N) is 3. The van der Waals surface area contributed by atoms with Gasteiger partial charge in [-0.3, -0.25) is 9.10 Å². The van der Waals surface area contributed by atoms with E-state index in [0.29, 0.717) is 18.8 Å². The molecule has 0 atom stereocenters. The molecule has 1 heterocycles. The molecule has 32 heavy (non-hydrogen) atoms. The molecule has 0 saturated heterocycles. The van der Waals surface area contributed by atoms with Crippen molar-refractivity contribution in [2.24, 2.45) is 0 Å². The van der Waals surface area contributed by atoms with E-state index in [2.05, 4.69) is 25.8 Å². The fourth-order valence-electron chi connectivity index (χ4n) is 3.26. The Morgan fingerprint density at radius 1 is 1.03 bits per heavy atom. The molecule has 0 bridgehead atoms. The van der Waals surface area contributed by atoms with Gasteiger partial charge >= 0.3 is 0 Å². The summed E-state index contributed by atoms with van der Waals surface area (Å²) in [6, 6.07) is 15.6. The van der Waals surface area contributed by atoms with Gasteiger partial charge in [-0.2, -0.15) is 0 Å². The summed E-state index contributed by atoms with van der Waals surface area (Å²) in [6.07, 6.45) is 1.69. The van der Waals surface area contributed by atoms with Crippen molar-refractivity contribution in [2.75, 3.05) is 17.4 Å². The Morgan fingerprint density at radius 2 is 1.69 bits per heavy atom. The third-order valence-corrected chi connectivity index (χ3v) is 7.73. The van der Waals surface area contributed by atoms with Gasteiger partial charge in [0.15, 0.2) is 0 Å².